The number of aryl methyl sites for hydroxylation is 1. The Kier molecular flexibility index (Phi) is 6.93. The SMILES string of the molecule is CCOC(=O)C1=C(Nc2ccc(OCCOC)cc2C)O/C(=C\c2c[nH]c3ncccc23)C1=O. The molecule has 0 radical (unpaired) electrons. The highest BCUT2D eigenvalue weighted by molar-refractivity contribution is 6.26. The van der Waals surface area contributed by atoms with Gasteiger partial charge in [0.25, 0.3) is 0 Å². The second-order valence-electron chi connectivity index (χ2n) is 7.45. The molecule has 3 aromatic rings. The number of benzene rings is 1. The lowest BCUT2D eigenvalue weighted by Crippen LogP contribution is -2.16. The monoisotopic (exact) mass is 463 g/mol. The van der Waals surface area contributed by atoms with Crippen LogP contribution in [-0.4, -0.2) is 48.7 Å². The van der Waals surface area contributed by atoms with E-state index in [-0.39, 0.29) is 23.8 Å². The summed E-state index contributed by atoms with van der Waals surface area (Å²) in [5.74, 6) is -0.611. The van der Waals surface area contributed by atoms with E-state index in [1.807, 2.05) is 19.1 Å². The molecule has 0 saturated heterocycles. The third-order valence-corrected chi connectivity index (χ3v) is 5.14. The second kappa shape index (κ2) is 10.2. The van der Waals surface area contributed by atoms with Crippen molar-refractivity contribution in [1.82, 2.24) is 9.97 Å². The number of Topliss-reactive ketones (excluding diaryl/α,β-unsaturated/α-hetero) is 1. The van der Waals surface area contributed by atoms with Crippen molar-refractivity contribution >= 4 is 34.5 Å². The molecule has 0 bridgehead atoms. The predicted octanol–water partition coefficient (Wildman–Crippen LogP) is 3.72. The molecule has 0 spiro atoms. The van der Waals surface area contributed by atoms with E-state index < -0.39 is 11.8 Å². The molecule has 0 atom stereocenters. The number of anilines is 1. The first-order valence-corrected chi connectivity index (χ1v) is 10.8. The minimum atomic E-state index is -0.754. The van der Waals surface area contributed by atoms with Crippen LogP contribution in [0.2, 0.25) is 0 Å². The number of esters is 1. The number of aromatic nitrogens is 2. The number of fused-ring (bicyclic) bond motifs is 1. The number of nitrogens with one attached hydrogen (secondary N) is 2. The third kappa shape index (κ3) is 4.79. The number of H-pyrrole nitrogens is 1. The average Bonchev–Trinajstić information content (AvgIpc) is 3.37. The van der Waals surface area contributed by atoms with Gasteiger partial charge in [0.2, 0.25) is 11.7 Å². The van der Waals surface area contributed by atoms with E-state index in [4.69, 9.17) is 18.9 Å². The van der Waals surface area contributed by atoms with Crippen molar-refractivity contribution in [1.29, 1.82) is 0 Å². The lowest BCUT2D eigenvalue weighted by molar-refractivity contribution is -0.139. The maximum atomic E-state index is 13.1. The van der Waals surface area contributed by atoms with E-state index in [0.717, 1.165) is 10.9 Å². The molecule has 2 N–H and O–H groups in total. The Labute approximate surface area is 196 Å². The molecule has 9 heteroatoms. The highest BCUT2D eigenvalue weighted by Gasteiger charge is 2.37. The van der Waals surface area contributed by atoms with Crippen LogP contribution in [-0.2, 0) is 23.8 Å². The molecule has 3 heterocycles. The summed E-state index contributed by atoms with van der Waals surface area (Å²) in [5, 5.41) is 3.89. The minimum absolute atomic E-state index is 0.00692. The number of pyridine rings is 1. The van der Waals surface area contributed by atoms with Crippen molar-refractivity contribution < 1.29 is 28.5 Å². The van der Waals surface area contributed by atoms with Crippen LogP contribution in [0.25, 0.3) is 17.1 Å². The summed E-state index contributed by atoms with van der Waals surface area (Å²) < 4.78 is 21.6. The topological polar surface area (TPSA) is 112 Å². The maximum Gasteiger partial charge on any atom is 0.347 e. The van der Waals surface area contributed by atoms with Crippen molar-refractivity contribution in [2.75, 3.05) is 32.2 Å². The molecule has 0 fully saturated rings. The quantitative estimate of drug-likeness (QED) is 0.214. The van der Waals surface area contributed by atoms with Crippen LogP contribution in [0.15, 0.2) is 59.9 Å². The number of rotatable bonds is 9. The smallest absolute Gasteiger partial charge is 0.347 e. The number of ketones is 1. The molecule has 0 amide bonds. The van der Waals surface area contributed by atoms with Gasteiger partial charge in [0.05, 0.1) is 13.2 Å². The number of methoxy groups -OCH3 is 1. The molecule has 1 aliphatic rings. The Hall–Kier alpha value is -4.11. The van der Waals surface area contributed by atoms with Gasteiger partial charge in [0.1, 0.15) is 18.0 Å². The molecule has 0 unspecified atom stereocenters. The lowest BCUT2D eigenvalue weighted by atomic mass is 10.1. The molecule has 9 nitrogen and oxygen atoms in total. The standard InChI is InChI=1S/C25H25N3O6/c1-4-32-25(30)21-22(29)20(13-16-14-27-23-18(16)6-5-9-26-23)34-24(21)28-19-8-7-17(12-15(19)2)33-11-10-31-3/h5-9,12-14,28H,4,10-11H2,1-3H3,(H,26,27)/b20-13-. The highest BCUT2D eigenvalue weighted by atomic mass is 16.5. The van der Waals surface area contributed by atoms with Gasteiger partial charge >= 0.3 is 5.97 Å². The van der Waals surface area contributed by atoms with Gasteiger partial charge in [0.15, 0.2) is 11.3 Å². The van der Waals surface area contributed by atoms with Gasteiger partial charge in [-0.3, -0.25) is 4.79 Å². The van der Waals surface area contributed by atoms with E-state index in [2.05, 4.69) is 15.3 Å². The van der Waals surface area contributed by atoms with Crippen LogP contribution in [0.4, 0.5) is 5.69 Å². The van der Waals surface area contributed by atoms with E-state index >= 15 is 0 Å². The summed E-state index contributed by atoms with van der Waals surface area (Å²) in [4.78, 5) is 33.0. The molecule has 4 rings (SSSR count). The predicted molar refractivity (Wildman–Crippen MR) is 126 cm³/mol. The van der Waals surface area contributed by atoms with Crippen LogP contribution in [0.1, 0.15) is 18.1 Å². The Bertz CT molecular complexity index is 1290. The summed E-state index contributed by atoms with van der Waals surface area (Å²) >= 11 is 0. The number of ether oxygens (including phenoxy) is 4. The molecule has 0 aliphatic carbocycles. The first-order chi connectivity index (χ1) is 16.5. The second-order valence-corrected chi connectivity index (χ2v) is 7.45. The number of carbonyl (C=O) groups excluding carboxylic acids is 2. The van der Waals surface area contributed by atoms with E-state index in [0.29, 0.717) is 35.9 Å². The zero-order valence-corrected chi connectivity index (χ0v) is 19.1. The number of hydrogen-bond donors (Lipinski definition) is 2. The van der Waals surface area contributed by atoms with Crippen molar-refractivity contribution in [2.24, 2.45) is 0 Å². The fraction of sp³-hybridized carbons (Fsp3) is 0.240. The number of aromatic amines is 1. The first-order valence-electron chi connectivity index (χ1n) is 10.8. The van der Waals surface area contributed by atoms with Gasteiger partial charge in [-0.1, -0.05) is 0 Å². The first kappa shape index (κ1) is 23.1. The third-order valence-electron chi connectivity index (χ3n) is 5.14. The molecular formula is C25H25N3O6. The van der Waals surface area contributed by atoms with Crippen LogP contribution in [0.5, 0.6) is 5.75 Å². The van der Waals surface area contributed by atoms with E-state index in [9.17, 15) is 9.59 Å². The van der Waals surface area contributed by atoms with Crippen LogP contribution in [0.3, 0.4) is 0 Å². The summed E-state index contributed by atoms with van der Waals surface area (Å²) in [5.41, 5.74) is 2.69. The van der Waals surface area contributed by atoms with E-state index in [1.54, 1.807) is 50.7 Å². The Balaban J connectivity index is 1.62. The molecule has 34 heavy (non-hydrogen) atoms. The lowest BCUT2D eigenvalue weighted by Gasteiger charge is -2.13. The van der Waals surface area contributed by atoms with E-state index in [1.165, 1.54) is 0 Å². The number of nitrogens with zero attached hydrogens (tertiary/aromatic N) is 1. The van der Waals surface area contributed by atoms with Gasteiger partial charge in [0, 0.05) is 36.1 Å². The maximum absolute atomic E-state index is 13.1. The molecule has 1 aromatic carbocycles. The number of allylic oxidation sites excluding steroid dienone is 1. The van der Waals surface area contributed by atoms with Crippen molar-refractivity contribution in [3.63, 3.8) is 0 Å². The summed E-state index contributed by atoms with van der Waals surface area (Å²) in [6.07, 6.45) is 4.98. The summed E-state index contributed by atoms with van der Waals surface area (Å²) in [6, 6.07) is 9.09. The van der Waals surface area contributed by atoms with Crippen molar-refractivity contribution in [3.05, 3.63) is 71.1 Å². The van der Waals surface area contributed by atoms with Gasteiger partial charge in [-0.15, -0.1) is 0 Å². The minimum Gasteiger partial charge on any atom is -0.491 e. The van der Waals surface area contributed by atoms with Crippen molar-refractivity contribution in [3.8, 4) is 5.75 Å². The molecule has 176 valence electrons. The normalized spacial score (nSPS) is 14.6. The van der Waals surface area contributed by atoms with Gasteiger partial charge in [-0.2, -0.15) is 0 Å². The molecular weight excluding hydrogens is 438 g/mol. The zero-order chi connectivity index (χ0) is 24.1. The fourth-order valence-electron chi connectivity index (χ4n) is 3.47. The van der Waals surface area contributed by atoms with Gasteiger partial charge in [-0.05, 0) is 55.8 Å². The van der Waals surface area contributed by atoms with Crippen LogP contribution >= 0.6 is 0 Å². The number of carbonyl (C=O) groups is 2. The zero-order valence-electron chi connectivity index (χ0n) is 19.1. The Morgan fingerprint density at radius 2 is 2.12 bits per heavy atom. The summed E-state index contributed by atoms with van der Waals surface area (Å²) in [6.45, 7) is 4.58. The van der Waals surface area contributed by atoms with Gasteiger partial charge < -0.3 is 29.2 Å². The van der Waals surface area contributed by atoms with Gasteiger partial charge in [-0.25, -0.2) is 9.78 Å². The average molecular weight is 463 g/mol. The Morgan fingerprint density at radius 3 is 2.88 bits per heavy atom. The largest absolute Gasteiger partial charge is 0.491 e. The highest BCUT2D eigenvalue weighted by Crippen LogP contribution is 2.31. The molecule has 1 aliphatic heterocycles. The summed E-state index contributed by atoms with van der Waals surface area (Å²) in [7, 11) is 1.61. The molecule has 0 saturated carbocycles. The fourth-order valence-corrected chi connectivity index (χ4v) is 3.47. The number of hydrogen-bond acceptors (Lipinski definition) is 8. The molecule has 2 aromatic heterocycles. The van der Waals surface area contributed by atoms with Crippen LogP contribution in [0, 0.1) is 6.92 Å². The van der Waals surface area contributed by atoms with Crippen molar-refractivity contribution in [2.45, 2.75) is 13.8 Å². The van der Waals surface area contributed by atoms with Crippen LogP contribution < -0.4 is 10.1 Å². The Morgan fingerprint density at radius 1 is 1.26 bits per heavy atom.